The number of esters is 1. The van der Waals surface area contributed by atoms with Gasteiger partial charge in [-0.1, -0.05) is 20.8 Å². The summed E-state index contributed by atoms with van der Waals surface area (Å²) >= 11 is 0. The van der Waals surface area contributed by atoms with Gasteiger partial charge in [0.05, 0.1) is 0 Å². The van der Waals surface area contributed by atoms with Crippen LogP contribution >= 0.6 is 0 Å². The number of carbonyl (C=O) groups is 1. The number of cyclic esters (lactones) is 1. The Labute approximate surface area is 67.2 Å². The summed E-state index contributed by atoms with van der Waals surface area (Å²) < 4.78 is 5.05. The Balaban J connectivity index is 2.71. The molecule has 1 heterocycles. The van der Waals surface area contributed by atoms with Gasteiger partial charge < -0.3 is 4.74 Å². The van der Waals surface area contributed by atoms with E-state index in [9.17, 15) is 4.79 Å². The fourth-order valence-corrected chi connectivity index (χ4v) is 1.14. The van der Waals surface area contributed by atoms with E-state index in [2.05, 4.69) is 0 Å². The van der Waals surface area contributed by atoms with Crippen molar-refractivity contribution in [3.05, 3.63) is 11.6 Å². The highest BCUT2D eigenvalue weighted by Gasteiger charge is 2.25. The summed E-state index contributed by atoms with van der Waals surface area (Å²) in [5.41, 5.74) is 0.830. The molecule has 0 radical (unpaired) electrons. The highest BCUT2D eigenvalue weighted by molar-refractivity contribution is 5.91. The summed E-state index contributed by atoms with van der Waals surface area (Å²) in [7, 11) is 0. The van der Waals surface area contributed by atoms with Crippen molar-refractivity contribution in [3.8, 4) is 0 Å². The maximum Gasteiger partial charge on any atom is 0.334 e. The molecule has 62 valence electrons. The van der Waals surface area contributed by atoms with Gasteiger partial charge in [0.15, 0.2) is 0 Å². The number of ether oxygens (including phenoxy) is 1. The second-order valence-corrected chi connectivity index (χ2v) is 3.13. The van der Waals surface area contributed by atoms with Crippen molar-refractivity contribution in [2.45, 2.75) is 33.3 Å². The van der Waals surface area contributed by atoms with Crippen molar-refractivity contribution in [2.75, 3.05) is 0 Å². The quantitative estimate of drug-likeness (QED) is 0.568. The molecule has 2 heteroatoms. The smallest absolute Gasteiger partial charge is 0.334 e. The van der Waals surface area contributed by atoms with Crippen LogP contribution in [0.1, 0.15) is 27.2 Å². The second kappa shape index (κ2) is 3.07. The molecule has 0 amide bonds. The molecule has 0 aliphatic carbocycles. The minimum absolute atomic E-state index is 0.0277. The Morgan fingerprint density at radius 1 is 1.64 bits per heavy atom. The van der Waals surface area contributed by atoms with E-state index in [0.717, 1.165) is 12.0 Å². The van der Waals surface area contributed by atoms with Crippen molar-refractivity contribution in [3.63, 3.8) is 0 Å². The Kier molecular flexibility index (Phi) is 2.32. The molecule has 0 spiro atoms. The first-order valence-corrected chi connectivity index (χ1v) is 4.07. The van der Waals surface area contributed by atoms with Crippen LogP contribution in [0.25, 0.3) is 0 Å². The topological polar surface area (TPSA) is 26.3 Å². The standard InChI is InChI=1S/C9H14O2/c1-4-7-5-8(6(2)3)9(10)11-7/h5-7H,4H2,1-3H3. The molecule has 1 aliphatic heterocycles. The number of hydrogen-bond acceptors (Lipinski definition) is 2. The molecule has 1 rings (SSSR count). The van der Waals surface area contributed by atoms with E-state index in [1.54, 1.807) is 0 Å². The van der Waals surface area contributed by atoms with E-state index in [1.165, 1.54) is 0 Å². The van der Waals surface area contributed by atoms with E-state index >= 15 is 0 Å². The van der Waals surface area contributed by atoms with Crippen LogP contribution < -0.4 is 0 Å². The third-order valence-corrected chi connectivity index (χ3v) is 1.88. The maximum atomic E-state index is 11.1. The first kappa shape index (κ1) is 8.31. The van der Waals surface area contributed by atoms with Crippen molar-refractivity contribution in [2.24, 2.45) is 5.92 Å². The second-order valence-electron chi connectivity index (χ2n) is 3.13. The average Bonchev–Trinajstić information content (AvgIpc) is 2.30. The lowest BCUT2D eigenvalue weighted by molar-refractivity contribution is -0.140. The van der Waals surface area contributed by atoms with Crippen LogP contribution in [0.5, 0.6) is 0 Å². The largest absolute Gasteiger partial charge is 0.455 e. The average molecular weight is 154 g/mol. The minimum atomic E-state index is -0.133. The van der Waals surface area contributed by atoms with Crippen LogP contribution in [-0.2, 0) is 9.53 Å². The number of rotatable bonds is 2. The Hall–Kier alpha value is -0.790. The molecule has 11 heavy (non-hydrogen) atoms. The fourth-order valence-electron chi connectivity index (χ4n) is 1.14. The highest BCUT2D eigenvalue weighted by atomic mass is 16.5. The first-order valence-electron chi connectivity index (χ1n) is 4.07. The zero-order valence-electron chi connectivity index (χ0n) is 7.26. The van der Waals surface area contributed by atoms with Gasteiger partial charge in [0.2, 0.25) is 0 Å². The molecule has 0 aromatic carbocycles. The van der Waals surface area contributed by atoms with Gasteiger partial charge >= 0.3 is 5.97 Å². The molecule has 1 atom stereocenters. The fraction of sp³-hybridized carbons (Fsp3) is 0.667. The van der Waals surface area contributed by atoms with Gasteiger partial charge in [-0.2, -0.15) is 0 Å². The summed E-state index contributed by atoms with van der Waals surface area (Å²) in [5.74, 6) is 0.158. The van der Waals surface area contributed by atoms with Crippen LogP contribution in [0.2, 0.25) is 0 Å². The van der Waals surface area contributed by atoms with E-state index in [-0.39, 0.29) is 12.1 Å². The molecule has 0 saturated heterocycles. The zero-order chi connectivity index (χ0) is 8.43. The van der Waals surface area contributed by atoms with Crippen molar-refractivity contribution < 1.29 is 9.53 Å². The van der Waals surface area contributed by atoms with E-state index in [0.29, 0.717) is 5.92 Å². The van der Waals surface area contributed by atoms with E-state index in [1.807, 2.05) is 26.8 Å². The van der Waals surface area contributed by atoms with Gasteiger partial charge in [-0.25, -0.2) is 4.79 Å². The van der Waals surface area contributed by atoms with Crippen molar-refractivity contribution >= 4 is 5.97 Å². The van der Waals surface area contributed by atoms with Crippen molar-refractivity contribution in [1.82, 2.24) is 0 Å². The van der Waals surface area contributed by atoms with Crippen LogP contribution in [0.15, 0.2) is 11.6 Å². The Morgan fingerprint density at radius 3 is 2.55 bits per heavy atom. The summed E-state index contributed by atoms with van der Waals surface area (Å²) in [6.07, 6.45) is 2.84. The SMILES string of the molecule is CCC1C=C(C(C)C)C(=O)O1. The predicted octanol–water partition coefficient (Wildman–Crippen LogP) is 1.90. The lowest BCUT2D eigenvalue weighted by Gasteiger charge is -2.03. The summed E-state index contributed by atoms with van der Waals surface area (Å²) in [4.78, 5) is 11.1. The normalized spacial score (nSPS) is 23.8. The van der Waals surface area contributed by atoms with Crippen LogP contribution in [0, 0.1) is 5.92 Å². The molecule has 0 bridgehead atoms. The third kappa shape index (κ3) is 1.62. The number of hydrogen-bond donors (Lipinski definition) is 0. The first-order chi connectivity index (χ1) is 5.15. The van der Waals surface area contributed by atoms with Crippen LogP contribution in [0.4, 0.5) is 0 Å². The molecule has 0 aromatic heterocycles. The van der Waals surface area contributed by atoms with E-state index in [4.69, 9.17) is 4.74 Å². The molecular weight excluding hydrogens is 140 g/mol. The molecular formula is C9H14O2. The summed E-state index contributed by atoms with van der Waals surface area (Å²) in [5, 5.41) is 0. The van der Waals surface area contributed by atoms with Gasteiger partial charge in [0.1, 0.15) is 6.10 Å². The molecule has 0 fully saturated rings. The maximum absolute atomic E-state index is 11.1. The minimum Gasteiger partial charge on any atom is -0.455 e. The lowest BCUT2D eigenvalue weighted by atomic mass is 10.0. The van der Waals surface area contributed by atoms with Gasteiger partial charge in [0.25, 0.3) is 0 Å². The molecule has 2 nitrogen and oxygen atoms in total. The van der Waals surface area contributed by atoms with E-state index < -0.39 is 0 Å². The predicted molar refractivity (Wildman–Crippen MR) is 43.1 cm³/mol. The molecule has 1 unspecified atom stereocenters. The monoisotopic (exact) mass is 154 g/mol. The number of carbonyl (C=O) groups excluding carboxylic acids is 1. The Morgan fingerprint density at radius 2 is 2.27 bits per heavy atom. The zero-order valence-corrected chi connectivity index (χ0v) is 7.26. The van der Waals surface area contributed by atoms with Gasteiger partial charge in [-0.15, -0.1) is 0 Å². The molecule has 0 N–H and O–H groups in total. The highest BCUT2D eigenvalue weighted by Crippen LogP contribution is 2.21. The van der Waals surface area contributed by atoms with Gasteiger partial charge in [0, 0.05) is 5.57 Å². The summed E-state index contributed by atoms with van der Waals surface area (Å²) in [6.45, 7) is 6.02. The Bertz CT molecular complexity index is 192. The third-order valence-electron chi connectivity index (χ3n) is 1.88. The molecule has 0 saturated carbocycles. The molecule has 1 aliphatic rings. The van der Waals surface area contributed by atoms with Crippen LogP contribution in [0.3, 0.4) is 0 Å². The summed E-state index contributed by atoms with van der Waals surface area (Å²) in [6, 6.07) is 0. The lowest BCUT2D eigenvalue weighted by Crippen LogP contribution is -2.08. The van der Waals surface area contributed by atoms with Gasteiger partial charge in [-0.3, -0.25) is 0 Å². The molecule has 0 aromatic rings. The van der Waals surface area contributed by atoms with Gasteiger partial charge in [-0.05, 0) is 18.4 Å². The van der Waals surface area contributed by atoms with Crippen molar-refractivity contribution in [1.29, 1.82) is 0 Å². The van der Waals surface area contributed by atoms with Crippen LogP contribution in [-0.4, -0.2) is 12.1 Å².